The monoisotopic (exact) mass is 342 g/mol. The molecule has 9 heteroatoms. The Morgan fingerprint density at radius 1 is 1.42 bits per heavy atom. The van der Waals surface area contributed by atoms with E-state index in [4.69, 9.17) is 0 Å². The van der Waals surface area contributed by atoms with Crippen LogP contribution in [-0.2, 0) is 11.0 Å². The maximum atomic E-state index is 12.6. The van der Waals surface area contributed by atoms with Gasteiger partial charge in [0, 0.05) is 12.7 Å². The Bertz CT molecular complexity index is 629. The normalized spacial score (nSPS) is 12.7. The van der Waals surface area contributed by atoms with Gasteiger partial charge >= 0.3 is 6.18 Å². The Hall–Kier alpha value is -2.71. The molecule has 130 valence electrons. The molecule has 0 radical (unpaired) electrons. The number of halogens is 3. The van der Waals surface area contributed by atoms with E-state index in [9.17, 15) is 22.8 Å². The molecule has 0 saturated heterocycles. The third-order valence-corrected chi connectivity index (χ3v) is 2.77. The zero-order chi connectivity index (χ0) is 18.2. The molecule has 0 saturated carbocycles. The van der Waals surface area contributed by atoms with Crippen molar-refractivity contribution in [3.63, 3.8) is 0 Å². The zero-order valence-electron chi connectivity index (χ0n) is 12.9. The van der Waals surface area contributed by atoms with Crippen molar-refractivity contribution < 1.29 is 22.8 Å². The number of carbonyl (C=O) groups excluding carboxylic acids is 2. The maximum absolute atomic E-state index is 12.6. The first-order valence-corrected chi connectivity index (χ1v) is 7.06. The molecule has 6 nitrogen and oxygen atoms in total. The van der Waals surface area contributed by atoms with Crippen molar-refractivity contribution in [2.45, 2.75) is 25.6 Å². The van der Waals surface area contributed by atoms with Gasteiger partial charge in [0.1, 0.15) is 11.7 Å². The number of amides is 2. The molecule has 2 N–H and O–H groups in total. The molecule has 2 amide bonds. The van der Waals surface area contributed by atoms with E-state index in [1.165, 1.54) is 6.08 Å². The van der Waals surface area contributed by atoms with Crippen LogP contribution >= 0.6 is 0 Å². The number of rotatable bonds is 7. The lowest BCUT2D eigenvalue weighted by Crippen LogP contribution is -2.46. The average molecular weight is 342 g/mol. The van der Waals surface area contributed by atoms with Gasteiger partial charge < -0.3 is 10.6 Å². The van der Waals surface area contributed by atoms with Crippen molar-refractivity contribution in [3.8, 4) is 0 Å². The molecule has 0 aliphatic rings. The summed E-state index contributed by atoms with van der Waals surface area (Å²) in [5, 5.41) is 4.86. The van der Waals surface area contributed by atoms with Gasteiger partial charge in [-0.25, -0.2) is 9.97 Å². The van der Waals surface area contributed by atoms with Gasteiger partial charge in [-0.2, -0.15) is 13.2 Å². The molecule has 24 heavy (non-hydrogen) atoms. The fraction of sp³-hybridized carbons (Fsp3) is 0.333. The molecule has 0 fully saturated rings. The van der Waals surface area contributed by atoms with Gasteiger partial charge in [0.15, 0.2) is 0 Å². The lowest BCUT2D eigenvalue weighted by molar-refractivity contribution is -0.141. The van der Waals surface area contributed by atoms with Crippen LogP contribution in [0, 0.1) is 0 Å². The van der Waals surface area contributed by atoms with Crippen LogP contribution in [0.5, 0.6) is 0 Å². The highest BCUT2D eigenvalue weighted by molar-refractivity contribution is 5.94. The summed E-state index contributed by atoms with van der Waals surface area (Å²) in [5.41, 5.74) is -1.23. The maximum Gasteiger partial charge on any atom is 0.433 e. The van der Waals surface area contributed by atoms with Crippen molar-refractivity contribution in [1.29, 1.82) is 0 Å². The quantitative estimate of drug-likeness (QED) is 0.741. The highest BCUT2D eigenvalue weighted by atomic mass is 19.4. The Balaban J connectivity index is 2.92. The summed E-state index contributed by atoms with van der Waals surface area (Å²) in [6.07, 6.45) is 0.960. The van der Waals surface area contributed by atoms with Gasteiger partial charge in [-0.05, 0) is 19.4 Å². The van der Waals surface area contributed by atoms with Gasteiger partial charge in [-0.1, -0.05) is 24.8 Å². The predicted molar refractivity (Wildman–Crippen MR) is 80.9 cm³/mol. The molecule has 0 aromatic carbocycles. The van der Waals surface area contributed by atoms with Gasteiger partial charge in [0.2, 0.25) is 11.7 Å². The molecular weight excluding hydrogens is 325 g/mol. The standard InChI is InChI=1S/C15H17F3N4O2/c1-3-5-6-7-10(13(23)19-4-2)21-14(24)12-20-9-8-11(22-12)15(16,17)18/h3,5-6,8-10H,1,4,7H2,2H3,(H,19,23)(H,21,24)/b6-5+/t10-/m0/s1. The van der Waals surface area contributed by atoms with Crippen LogP contribution in [0.15, 0.2) is 37.1 Å². The minimum absolute atomic E-state index is 0.141. The van der Waals surface area contributed by atoms with Gasteiger partial charge in [0.25, 0.3) is 5.91 Å². The van der Waals surface area contributed by atoms with Gasteiger partial charge in [0.05, 0.1) is 0 Å². The molecule has 0 spiro atoms. The van der Waals surface area contributed by atoms with E-state index >= 15 is 0 Å². The zero-order valence-corrected chi connectivity index (χ0v) is 12.9. The van der Waals surface area contributed by atoms with Crippen molar-refractivity contribution in [1.82, 2.24) is 20.6 Å². The number of carbonyl (C=O) groups is 2. The minimum atomic E-state index is -4.69. The first kappa shape index (κ1) is 19.3. The van der Waals surface area contributed by atoms with Crippen molar-refractivity contribution in [3.05, 3.63) is 48.6 Å². The number of likely N-dealkylation sites (N-methyl/N-ethyl adjacent to an activating group) is 1. The van der Waals surface area contributed by atoms with E-state index in [2.05, 4.69) is 27.2 Å². The van der Waals surface area contributed by atoms with Crippen LogP contribution in [0.1, 0.15) is 29.7 Å². The summed E-state index contributed by atoms with van der Waals surface area (Å²) in [4.78, 5) is 30.7. The number of nitrogens with zero attached hydrogens (tertiary/aromatic N) is 2. The number of nitrogens with one attached hydrogen (secondary N) is 2. The third-order valence-electron chi connectivity index (χ3n) is 2.77. The Morgan fingerprint density at radius 2 is 2.12 bits per heavy atom. The predicted octanol–water partition coefficient (Wildman–Crippen LogP) is 1.86. The molecule has 1 aromatic rings. The van der Waals surface area contributed by atoms with Crippen LogP contribution in [0.25, 0.3) is 0 Å². The van der Waals surface area contributed by atoms with Crippen LogP contribution < -0.4 is 10.6 Å². The fourth-order valence-corrected chi connectivity index (χ4v) is 1.69. The second-order valence-corrected chi connectivity index (χ2v) is 4.58. The molecule has 1 atom stereocenters. The first-order chi connectivity index (χ1) is 11.3. The van der Waals surface area contributed by atoms with E-state index in [1.54, 1.807) is 19.1 Å². The summed E-state index contributed by atoms with van der Waals surface area (Å²) >= 11 is 0. The summed E-state index contributed by atoms with van der Waals surface area (Å²) in [6.45, 7) is 5.52. The van der Waals surface area contributed by atoms with E-state index in [1.807, 2.05) is 0 Å². The smallest absolute Gasteiger partial charge is 0.355 e. The van der Waals surface area contributed by atoms with E-state index < -0.39 is 35.6 Å². The molecule has 1 aromatic heterocycles. The molecular formula is C15H17F3N4O2. The van der Waals surface area contributed by atoms with Crippen LogP contribution in [0.3, 0.4) is 0 Å². The summed E-state index contributed by atoms with van der Waals surface area (Å²) in [6, 6.07) is -0.308. The van der Waals surface area contributed by atoms with E-state index in [0.717, 1.165) is 6.20 Å². The average Bonchev–Trinajstić information content (AvgIpc) is 2.53. The van der Waals surface area contributed by atoms with Crippen LogP contribution in [0.4, 0.5) is 13.2 Å². The lowest BCUT2D eigenvalue weighted by Gasteiger charge is -2.16. The second kappa shape index (κ2) is 8.80. The summed E-state index contributed by atoms with van der Waals surface area (Å²) in [5.74, 6) is -2.09. The van der Waals surface area contributed by atoms with E-state index in [-0.39, 0.29) is 6.42 Å². The Kier molecular flexibility index (Phi) is 7.09. The van der Waals surface area contributed by atoms with E-state index in [0.29, 0.717) is 12.6 Å². The Morgan fingerprint density at radius 3 is 2.71 bits per heavy atom. The van der Waals surface area contributed by atoms with Crippen molar-refractivity contribution in [2.75, 3.05) is 6.54 Å². The number of hydrogen-bond acceptors (Lipinski definition) is 4. The molecule has 0 unspecified atom stereocenters. The number of hydrogen-bond donors (Lipinski definition) is 2. The molecule has 0 aliphatic heterocycles. The first-order valence-electron chi connectivity index (χ1n) is 7.06. The number of aromatic nitrogens is 2. The fourth-order valence-electron chi connectivity index (χ4n) is 1.69. The highest BCUT2D eigenvalue weighted by Crippen LogP contribution is 2.26. The van der Waals surface area contributed by atoms with Crippen LogP contribution in [-0.4, -0.2) is 34.4 Å². The summed E-state index contributed by atoms with van der Waals surface area (Å²) < 4.78 is 37.9. The molecule has 0 bridgehead atoms. The van der Waals surface area contributed by atoms with Gasteiger partial charge in [-0.3, -0.25) is 9.59 Å². The van der Waals surface area contributed by atoms with Crippen LogP contribution in [0.2, 0.25) is 0 Å². The lowest BCUT2D eigenvalue weighted by atomic mass is 10.1. The van der Waals surface area contributed by atoms with Crippen molar-refractivity contribution >= 4 is 11.8 Å². The third kappa shape index (κ3) is 5.82. The topological polar surface area (TPSA) is 84.0 Å². The largest absolute Gasteiger partial charge is 0.433 e. The Labute approximate surface area is 136 Å². The highest BCUT2D eigenvalue weighted by Gasteiger charge is 2.33. The van der Waals surface area contributed by atoms with Crippen molar-refractivity contribution in [2.24, 2.45) is 0 Å². The molecule has 1 rings (SSSR count). The molecule has 0 aliphatic carbocycles. The minimum Gasteiger partial charge on any atom is -0.355 e. The SMILES string of the molecule is C=C/C=C/C[C@H](NC(=O)c1nccc(C(F)(F)F)n1)C(=O)NCC. The number of allylic oxidation sites excluding steroid dienone is 2. The number of alkyl halides is 3. The second-order valence-electron chi connectivity index (χ2n) is 4.58. The molecule has 1 heterocycles. The summed E-state index contributed by atoms with van der Waals surface area (Å²) in [7, 11) is 0. The van der Waals surface area contributed by atoms with Gasteiger partial charge in [-0.15, -0.1) is 0 Å².